The van der Waals surface area contributed by atoms with Crippen molar-refractivity contribution in [2.24, 2.45) is 0 Å². The minimum Gasteiger partial charge on any atom is -0.457 e. The zero-order chi connectivity index (χ0) is 15.4. The van der Waals surface area contributed by atoms with Crippen LogP contribution in [-0.2, 0) is 11.3 Å². The Bertz CT molecular complexity index is 736. The average Bonchev–Trinajstić information content (AvgIpc) is 2.47. The second-order valence-electron chi connectivity index (χ2n) is 4.56. The lowest BCUT2D eigenvalue weighted by Gasteiger charge is -2.09. The van der Waals surface area contributed by atoms with Crippen LogP contribution in [0.4, 0.5) is 10.1 Å². The molecule has 21 heavy (non-hydrogen) atoms. The molecule has 2 aromatic carbocycles. The SMILES string of the molecule is Cc1c(N)cccc1C(=O)OCc1cc(F)cc(C#N)c1. The number of hydrogen-bond donors (Lipinski definition) is 1. The number of benzene rings is 2. The topological polar surface area (TPSA) is 76.1 Å². The first-order valence-electron chi connectivity index (χ1n) is 6.23. The first-order valence-corrected chi connectivity index (χ1v) is 6.23. The van der Waals surface area contributed by atoms with Gasteiger partial charge < -0.3 is 10.5 Å². The molecule has 0 atom stereocenters. The number of nitrogens with zero attached hydrogens (tertiary/aromatic N) is 1. The number of ether oxygens (including phenoxy) is 1. The van der Waals surface area contributed by atoms with E-state index in [1.165, 1.54) is 12.1 Å². The van der Waals surface area contributed by atoms with E-state index in [0.29, 0.717) is 22.4 Å². The minimum atomic E-state index is -0.541. The van der Waals surface area contributed by atoms with E-state index in [0.717, 1.165) is 6.07 Å². The molecular formula is C16H13FN2O2. The van der Waals surface area contributed by atoms with E-state index in [1.807, 2.05) is 6.07 Å². The maximum atomic E-state index is 13.3. The summed E-state index contributed by atoms with van der Waals surface area (Å²) in [6.07, 6.45) is 0. The standard InChI is InChI=1S/C16H13FN2O2/c1-10-14(3-2-4-15(10)19)16(20)21-9-12-5-11(8-18)6-13(17)7-12/h2-7H,9,19H2,1H3. The predicted molar refractivity (Wildman–Crippen MR) is 75.8 cm³/mol. The third kappa shape index (κ3) is 3.37. The predicted octanol–water partition coefficient (Wildman–Crippen LogP) is 2.95. The van der Waals surface area contributed by atoms with Crippen LogP contribution in [0, 0.1) is 24.1 Å². The third-order valence-electron chi connectivity index (χ3n) is 3.05. The van der Waals surface area contributed by atoms with Crippen LogP contribution < -0.4 is 5.73 Å². The van der Waals surface area contributed by atoms with Crippen molar-refractivity contribution in [3.8, 4) is 6.07 Å². The molecule has 0 saturated carbocycles. The van der Waals surface area contributed by atoms with Crippen molar-refractivity contribution in [3.63, 3.8) is 0 Å². The van der Waals surface area contributed by atoms with Crippen molar-refractivity contribution < 1.29 is 13.9 Å². The third-order valence-corrected chi connectivity index (χ3v) is 3.05. The van der Waals surface area contributed by atoms with Crippen LogP contribution >= 0.6 is 0 Å². The van der Waals surface area contributed by atoms with Gasteiger partial charge in [-0.1, -0.05) is 6.07 Å². The summed E-state index contributed by atoms with van der Waals surface area (Å²) in [4.78, 5) is 12.0. The van der Waals surface area contributed by atoms with Gasteiger partial charge in [0, 0.05) is 5.69 Å². The van der Waals surface area contributed by atoms with E-state index in [4.69, 9.17) is 15.7 Å². The molecule has 2 N–H and O–H groups in total. The molecule has 0 fully saturated rings. The van der Waals surface area contributed by atoms with Gasteiger partial charge in [0.2, 0.25) is 0 Å². The van der Waals surface area contributed by atoms with Gasteiger partial charge in [-0.2, -0.15) is 5.26 Å². The van der Waals surface area contributed by atoms with Crippen LogP contribution in [0.3, 0.4) is 0 Å². The number of nitrogens with two attached hydrogens (primary N) is 1. The number of nitriles is 1. The maximum Gasteiger partial charge on any atom is 0.338 e. The van der Waals surface area contributed by atoms with Crippen molar-refractivity contribution in [1.82, 2.24) is 0 Å². The summed E-state index contributed by atoms with van der Waals surface area (Å²) in [6, 6.07) is 10.6. The van der Waals surface area contributed by atoms with Gasteiger partial charge in [0.05, 0.1) is 17.2 Å². The van der Waals surface area contributed by atoms with Crippen molar-refractivity contribution in [2.75, 3.05) is 5.73 Å². The van der Waals surface area contributed by atoms with E-state index < -0.39 is 11.8 Å². The van der Waals surface area contributed by atoms with Crippen LogP contribution in [0.2, 0.25) is 0 Å². The second kappa shape index (κ2) is 6.06. The molecule has 0 aliphatic carbocycles. The number of carbonyl (C=O) groups excluding carboxylic acids is 1. The van der Waals surface area contributed by atoms with E-state index in [2.05, 4.69) is 0 Å². The number of esters is 1. The second-order valence-corrected chi connectivity index (χ2v) is 4.56. The molecule has 2 aromatic rings. The van der Waals surface area contributed by atoms with Gasteiger partial charge in [-0.25, -0.2) is 9.18 Å². The molecule has 0 radical (unpaired) electrons. The molecule has 5 heteroatoms. The molecule has 0 spiro atoms. The highest BCUT2D eigenvalue weighted by Gasteiger charge is 2.12. The van der Waals surface area contributed by atoms with Crippen molar-refractivity contribution in [3.05, 3.63) is 64.5 Å². The van der Waals surface area contributed by atoms with Crippen LogP contribution in [-0.4, -0.2) is 5.97 Å². The summed E-state index contributed by atoms with van der Waals surface area (Å²) in [7, 11) is 0. The molecule has 2 rings (SSSR count). The number of hydrogen-bond acceptors (Lipinski definition) is 4. The lowest BCUT2D eigenvalue weighted by atomic mass is 10.1. The normalized spacial score (nSPS) is 9.95. The zero-order valence-electron chi connectivity index (χ0n) is 11.4. The maximum absolute atomic E-state index is 13.3. The zero-order valence-corrected chi connectivity index (χ0v) is 11.4. The van der Waals surface area contributed by atoms with Gasteiger partial charge in [-0.05, 0) is 48.4 Å². The van der Waals surface area contributed by atoms with Crippen LogP contribution in [0.15, 0.2) is 36.4 Å². The lowest BCUT2D eigenvalue weighted by molar-refractivity contribution is 0.0471. The number of carbonyl (C=O) groups is 1. The summed E-state index contributed by atoms with van der Waals surface area (Å²) in [6.45, 7) is 1.61. The Balaban J connectivity index is 2.13. The van der Waals surface area contributed by atoms with Crippen LogP contribution in [0.25, 0.3) is 0 Å². The summed E-state index contributed by atoms with van der Waals surface area (Å²) in [5.41, 5.74) is 7.84. The molecule has 0 aromatic heterocycles. The molecule has 0 amide bonds. The highest BCUT2D eigenvalue weighted by atomic mass is 19.1. The van der Waals surface area contributed by atoms with E-state index in [9.17, 15) is 9.18 Å². The molecule has 0 aliphatic rings. The minimum absolute atomic E-state index is 0.112. The first-order chi connectivity index (χ1) is 10.0. The van der Waals surface area contributed by atoms with Gasteiger partial charge in [0.15, 0.2) is 0 Å². The smallest absolute Gasteiger partial charge is 0.338 e. The summed E-state index contributed by atoms with van der Waals surface area (Å²) >= 11 is 0. The highest BCUT2D eigenvalue weighted by Crippen LogP contribution is 2.17. The first kappa shape index (κ1) is 14.5. The molecule has 4 nitrogen and oxygen atoms in total. The lowest BCUT2D eigenvalue weighted by Crippen LogP contribution is -2.08. The molecule has 0 saturated heterocycles. The Hall–Kier alpha value is -2.87. The fourth-order valence-electron chi connectivity index (χ4n) is 1.90. The fraction of sp³-hybridized carbons (Fsp3) is 0.125. The number of nitrogen functional groups attached to an aromatic ring is 1. The van der Waals surface area contributed by atoms with Gasteiger partial charge in [-0.15, -0.1) is 0 Å². The van der Waals surface area contributed by atoms with E-state index in [1.54, 1.807) is 25.1 Å². The monoisotopic (exact) mass is 284 g/mol. The van der Waals surface area contributed by atoms with Gasteiger partial charge in [-0.3, -0.25) is 0 Å². The molecule has 0 unspecified atom stereocenters. The summed E-state index contributed by atoms with van der Waals surface area (Å²) in [5.74, 6) is -1.08. The Kier molecular flexibility index (Phi) is 4.19. The Morgan fingerprint density at radius 1 is 1.38 bits per heavy atom. The Morgan fingerprint density at radius 2 is 2.14 bits per heavy atom. The summed E-state index contributed by atoms with van der Waals surface area (Å²) in [5, 5.41) is 8.77. The largest absolute Gasteiger partial charge is 0.457 e. The average molecular weight is 284 g/mol. The molecular weight excluding hydrogens is 271 g/mol. The molecule has 0 aliphatic heterocycles. The van der Waals surface area contributed by atoms with Crippen LogP contribution in [0.1, 0.15) is 27.0 Å². The number of anilines is 1. The number of rotatable bonds is 3. The Morgan fingerprint density at radius 3 is 2.86 bits per heavy atom. The quantitative estimate of drug-likeness (QED) is 0.694. The fourth-order valence-corrected chi connectivity index (χ4v) is 1.90. The van der Waals surface area contributed by atoms with E-state index >= 15 is 0 Å². The molecule has 106 valence electrons. The van der Waals surface area contributed by atoms with E-state index in [-0.39, 0.29) is 12.2 Å². The van der Waals surface area contributed by atoms with Gasteiger partial charge >= 0.3 is 5.97 Å². The number of halogens is 1. The van der Waals surface area contributed by atoms with Gasteiger partial charge in [0.25, 0.3) is 0 Å². The van der Waals surface area contributed by atoms with Crippen LogP contribution in [0.5, 0.6) is 0 Å². The molecule has 0 bridgehead atoms. The summed E-state index contributed by atoms with van der Waals surface area (Å²) < 4.78 is 18.4. The Labute approximate surface area is 121 Å². The van der Waals surface area contributed by atoms with Crippen molar-refractivity contribution >= 4 is 11.7 Å². The highest BCUT2D eigenvalue weighted by molar-refractivity contribution is 5.92. The molecule has 0 heterocycles. The van der Waals surface area contributed by atoms with Crippen molar-refractivity contribution in [1.29, 1.82) is 5.26 Å². The van der Waals surface area contributed by atoms with Gasteiger partial charge in [0.1, 0.15) is 12.4 Å². The van der Waals surface area contributed by atoms with Crippen molar-refractivity contribution in [2.45, 2.75) is 13.5 Å².